The summed E-state index contributed by atoms with van der Waals surface area (Å²) in [5, 5.41) is 5.63. The van der Waals surface area contributed by atoms with Gasteiger partial charge in [-0.2, -0.15) is 0 Å². The number of anilines is 2. The van der Waals surface area contributed by atoms with E-state index in [1.807, 2.05) is 30.3 Å². The molecule has 0 atom stereocenters. The Balaban J connectivity index is 1.94. The molecule has 0 bridgehead atoms. The number of pyridine rings is 1. The third-order valence-electron chi connectivity index (χ3n) is 3.28. The number of aromatic nitrogens is 1. The van der Waals surface area contributed by atoms with E-state index in [1.165, 1.54) is 7.11 Å². The number of hydrogen-bond donors (Lipinski definition) is 1. The van der Waals surface area contributed by atoms with Gasteiger partial charge in [-0.15, -0.1) is 0 Å². The Morgan fingerprint density at radius 1 is 1.14 bits per heavy atom. The van der Waals surface area contributed by atoms with E-state index >= 15 is 0 Å². The minimum Gasteiger partial charge on any atom is -0.465 e. The number of carbonyl (C=O) groups is 1. The van der Waals surface area contributed by atoms with Gasteiger partial charge in [0.2, 0.25) is 0 Å². The lowest BCUT2D eigenvalue weighted by atomic mass is 10.1. The van der Waals surface area contributed by atoms with Crippen LogP contribution in [0.3, 0.4) is 0 Å². The van der Waals surface area contributed by atoms with Gasteiger partial charge in [-0.25, -0.2) is 9.78 Å². The maximum atomic E-state index is 11.4. The molecule has 0 fully saturated rings. The average Bonchev–Trinajstić information content (AvgIpc) is 2.54. The molecule has 4 nitrogen and oxygen atoms in total. The van der Waals surface area contributed by atoms with Gasteiger partial charge in [-0.05, 0) is 35.7 Å². The molecule has 0 aliphatic carbocycles. The lowest BCUT2D eigenvalue weighted by molar-refractivity contribution is 0.0601. The first-order chi connectivity index (χ1) is 10.7. The molecule has 0 aliphatic rings. The monoisotopic (exact) mass is 312 g/mol. The molecule has 0 saturated heterocycles. The van der Waals surface area contributed by atoms with E-state index in [-0.39, 0.29) is 5.97 Å². The summed E-state index contributed by atoms with van der Waals surface area (Å²) in [6, 6.07) is 16.7. The fraction of sp³-hybridized carbons (Fsp3) is 0.0588. The Labute approximate surface area is 132 Å². The molecule has 110 valence electrons. The first kappa shape index (κ1) is 14.4. The second-order valence-electron chi connectivity index (χ2n) is 4.71. The van der Waals surface area contributed by atoms with Crippen molar-refractivity contribution in [3.05, 3.63) is 65.3 Å². The predicted octanol–water partition coefficient (Wildman–Crippen LogP) is 4.42. The van der Waals surface area contributed by atoms with E-state index in [0.717, 1.165) is 16.5 Å². The van der Waals surface area contributed by atoms with E-state index in [4.69, 9.17) is 11.6 Å². The smallest absolute Gasteiger partial charge is 0.337 e. The first-order valence-corrected chi connectivity index (χ1v) is 7.06. The number of rotatable bonds is 3. The van der Waals surface area contributed by atoms with Crippen molar-refractivity contribution >= 4 is 39.8 Å². The van der Waals surface area contributed by atoms with Crippen molar-refractivity contribution in [3.8, 4) is 0 Å². The SMILES string of the molecule is COC(=O)c1ccc(Nc2nc(Cl)cc3ccccc23)cc1. The van der Waals surface area contributed by atoms with Crippen LogP contribution in [0.15, 0.2) is 54.6 Å². The minimum atomic E-state index is -0.363. The molecular weight excluding hydrogens is 300 g/mol. The molecular formula is C17H13ClN2O2. The molecule has 1 heterocycles. The van der Waals surface area contributed by atoms with E-state index in [2.05, 4.69) is 15.0 Å². The summed E-state index contributed by atoms with van der Waals surface area (Å²) in [5.74, 6) is 0.312. The second-order valence-corrected chi connectivity index (χ2v) is 5.10. The maximum absolute atomic E-state index is 11.4. The molecule has 0 spiro atoms. The topological polar surface area (TPSA) is 51.2 Å². The Hall–Kier alpha value is -2.59. The van der Waals surface area contributed by atoms with Crippen LogP contribution in [0.4, 0.5) is 11.5 Å². The second kappa shape index (κ2) is 6.03. The number of esters is 1. The van der Waals surface area contributed by atoms with Gasteiger partial charge < -0.3 is 10.1 Å². The van der Waals surface area contributed by atoms with Gasteiger partial charge in [0.05, 0.1) is 12.7 Å². The molecule has 0 radical (unpaired) electrons. The van der Waals surface area contributed by atoms with Crippen LogP contribution in [0.5, 0.6) is 0 Å². The number of ether oxygens (including phenoxy) is 1. The summed E-state index contributed by atoms with van der Waals surface area (Å²) in [6.45, 7) is 0. The van der Waals surface area contributed by atoms with Gasteiger partial charge in [0, 0.05) is 11.1 Å². The van der Waals surface area contributed by atoms with Crippen molar-refractivity contribution in [3.63, 3.8) is 0 Å². The van der Waals surface area contributed by atoms with Crippen LogP contribution in [0.25, 0.3) is 10.8 Å². The van der Waals surface area contributed by atoms with E-state index in [0.29, 0.717) is 16.5 Å². The number of benzene rings is 2. The van der Waals surface area contributed by atoms with Crippen LogP contribution in [-0.4, -0.2) is 18.1 Å². The number of fused-ring (bicyclic) bond motifs is 1. The molecule has 3 aromatic rings. The van der Waals surface area contributed by atoms with Crippen LogP contribution < -0.4 is 5.32 Å². The summed E-state index contributed by atoms with van der Waals surface area (Å²) in [4.78, 5) is 15.8. The molecule has 0 unspecified atom stereocenters. The highest BCUT2D eigenvalue weighted by atomic mass is 35.5. The van der Waals surface area contributed by atoms with Gasteiger partial charge in [0.1, 0.15) is 11.0 Å². The molecule has 0 aliphatic heterocycles. The molecule has 0 saturated carbocycles. The summed E-state index contributed by atoms with van der Waals surface area (Å²) in [6.07, 6.45) is 0. The fourth-order valence-electron chi connectivity index (χ4n) is 2.21. The quantitative estimate of drug-likeness (QED) is 0.574. The highest BCUT2D eigenvalue weighted by Gasteiger charge is 2.07. The summed E-state index contributed by atoms with van der Waals surface area (Å²) in [7, 11) is 1.36. The van der Waals surface area contributed by atoms with Crippen LogP contribution in [0, 0.1) is 0 Å². The Kier molecular flexibility index (Phi) is 3.94. The van der Waals surface area contributed by atoms with Crippen molar-refractivity contribution in [1.82, 2.24) is 4.98 Å². The van der Waals surface area contributed by atoms with Gasteiger partial charge >= 0.3 is 5.97 Å². The van der Waals surface area contributed by atoms with Gasteiger partial charge in [-0.1, -0.05) is 35.9 Å². The van der Waals surface area contributed by atoms with E-state index in [1.54, 1.807) is 24.3 Å². The number of nitrogens with one attached hydrogen (secondary N) is 1. The lowest BCUT2D eigenvalue weighted by Crippen LogP contribution is -2.01. The van der Waals surface area contributed by atoms with Crippen molar-refractivity contribution in [2.75, 3.05) is 12.4 Å². The third-order valence-corrected chi connectivity index (χ3v) is 3.47. The maximum Gasteiger partial charge on any atom is 0.337 e. The zero-order valence-electron chi connectivity index (χ0n) is 11.8. The lowest BCUT2D eigenvalue weighted by Gasteiger charge is -2.10. The molecule has 1 aromatic heterocycles. The number of methoxy groups -OCH3 is 1. The first-order valence-electron chi connectivity index (χ1n) is 6.68. The molecule has 22 heavy (non-hydrogen) atoms. The molecule has 0 amide bonds. The Morgan fingerprint density at radius 3 is 2.59 bits per heavy atom. The zero-order chi connectivity index (χ0) is 15.5. The zero-order valence-corrected chi connectivity index (χ0v) is 12.6. The third kappa shape index (κ3) is 2.87. The van der Waals surface area contributed by atoms with Crippen molar-refractivity contribution in [1.29, 1.82) is 0 Å². The summed E-state index contributed by atoms with van der Waals surface area (Å²) >= 11 is 6.06. The van der Waals surface area contributed by atoms with Crippen LogP contribution in [0.2, 0.25) is 5.15 Å². The summed E-state index contributed by atoms with van der Waals surface area (Å²) < 4.78 is 4.68. The standard InChI is InChI=1S/C17H13ClN2O2/c1-22-17(21)11-6-8-13(9-7-11)19-16-14-5-3-2-4-12(14)10-15(18)20-16/h2-10H,1H3,(H,19,20). The Morgan fingerprint density at radius 2 is 1.86 bits per heavy atom. The molecule has 2 aromatic carbocycles. The van der Waals surface area contributed by atoms with Gasteiger partial charge in [0.25, 0.3) is 0 Å². The van der Waals surface area contributed by atoms with Crippen LogP contribution >= 0.6 is 11.6 Å². The van der Waals surface area contributed by atoms with E-state index in [9.17, 15) is 4.79 Å². The predicted molar refractivity (Wildman–Crippen MR) is 87.8 cm³/mol. The number of carbonyl (C=O) groups excluding carboxylic acids is 1. The normalized spacial score (nSPS) is 10.5. The van der Waals surface area contributed by atoms with Crippen molar-refractivity contribution < 1.29 is 9.53 Å². The van der Waals surface area contributed by atoms with Gasteiger partial charge in [-0.3, -0.25) is 0 Å². The van der Waals surface area contributed by atoms with Crippen LogP contribution in [-0.2, 0) is 4.74 Å². The molecule has 5 heteroatoms. The largest absolute Gasteiger partial charge is 0.465 e. The number of nitrogens with zero attached hydrogens (tertiary/aromatic N) is 1. The minimum absolute atomic E-state index is 0.363. The molecule has 1 N–H and O–H groups in total. The fourth-order valence-corrected chi connectivity index (χ4v) is 2.41. The Bertz CT molecular complexity index is 832. The average molecular weight is 313 g/mol. The van der Waals surface area contributed by atoms with E-state index < -0.39 is 0 Å². The van der Waals surface area contributed by atoms with Gasteiger partial charge in [0.15, 0.2) is 0 Å². The van der Waals surface area contributed by atoms with Crippen molar-refractivity contribution in [2.45, 2.75) is 0 Å². The summed E-state index contributed by atoms with van der Waals surface area (Å²) in [5.41, 5.74) is 1.31. The number of halogens is 1. The molecule has 3 rings (SSSR count). The highest BCUT2D eigenvalue weighted by molar-refractivity contribution is 6.30. The van der Waals surface area contributed by atoms with Crippen molar-refractivity contribution in [2.24, 2.45) is 0 Å². The highest BCUT2D eigenvalue weighted by Crippen LogP contribution is 2.27. The number of hydrogen-bond acceptors (Lipinski definition) is 4. The van der Waals surface area contributed by atoms with Crippen LogP contribution in [0.1, 0.15) is 10.4 Å².